The van der Waals surface area contributed by atoms with E-state index in [0.717, 1.165) is 34.1 Å². The van der Waals surface area contributed by atoms with Crippen molar-refractivity contribution in [2.24, 2.45) is 5.41 Å². The third kappa shape index (κ3) is 5.73. The summed E-state index contributed by atoms with van der Waals surface area (Å²) < 4.78 is 49.0. The van der Waals surface area contributed by atoms with Crippen LogP contribution in [0.2, 0.25) is 0 Å². The molecule has 7 rings (SSSR count). The zero-order valence-electron chi connectivity index (χ0n) is 27.6. The largest absolute Gasteiger partial charge is 0.433 e. The number of halogens is 3. The van der Waals surface area contributed by atoms with Gasteiger partial charge in [0.25, 0.3) is 0 Å². The molecule has 1 aliphatic carbocycles. The molecule has 1 N–H and O–H groups in total. The highest BCUT2D eigenvalue weighted by atomic mass is 19.4. The second-order valence-electron chi connectivity index (χ2n) is 13.4. The minimum atomic E-state index is -4.71. The first-order valence-corrected chi connectivity index (χ1v) is 15.8. The summed E-state index contributed by atoms with van der Waals surface area (Å²) in [5.41, 5.74) is 4.03. The molecular formula is C35H34F3N7O4. The van der Waals surface area contributed by atoms with Crippen molar-refractivity contribution in [1.29, 1.82) is 0 Å². The molecule has 254 valence electrons. The Balaban J connectivity index is 1.19. The van der Waals surface area contributed by atoms with Gasteiger partial charge in [0.05, 0.1) is 17.8 Å². The molecule has 4 aromatic heterocycles. The number of aromatic nitrogens is 5. The molecule has 49 heavy (non-hydrogen) atoms. The van der Waals surface area contributed by atoms with E-state index in [1.807, 2.05) is 45.2 Å². The quantitative estimate of drug-likeness (QED) is 0.208. The monoisotopic (exact) mass is 673 g/mol. The Bertz CT molecular complexity index is 2190. The molecule has 0 unspecified atom stereocenters. The minimum absolute atomic E-state index is 0.0668. The van der Waals surface area contributed by atoms with E-state index in [1.54, 1.807) is 26.4 Å². The SMILES string of the molecule is COCc1ccc(C(F)(F)F)nc1NC(=O)[C@@H]1C[C@@]2(C)C[C@H]2N1C(=O)Cn1cc(C(C)=O)c2cc(-c3cnc4cc(C)nn4c3)cc(C)c21. The number of benzene rings is 1. The first-order valence-electron chi connectivity index (χ1n) is 15.8. The third-order valence-electron chi connectivity index (χ3n) is 9.65. The molecule has 0 spiro atoms. The molecule has 1 saturated carbocycles. The predicted molar refractivity (Wildman–Crippen MR) is 174 cm³/mol. The second-order valence-corrected chi connectivity index (χ2v) is 13.4. The van der Waals surface area contributed by atoms with E-state index < -0.39 is 23.8 Å². The van der Waals surface area contributed by atoms with E-state index in [9.17, 15) is 27.6 Å². The molecule has 0 radical (unpaired) electrons. The first-order chi connectivity index (χ1) is 23.2. The van der Waals surface area contributed by atoms with Crippen LogP contribution in [-0.2, 0) is 33.7 Å². The number of methoxy groups -OCH3 is 1. The van der Waals surface area contributed by atoms with Crippen LogP contribution in [0.4, 0.5) is 19.0 Å². The van der Waals surface area contributed by atoms with Crippen LogP contribution in [0.25, 0.3) is 27.7 Å². The van der Waals surface area contributed by atoms with Gasteiger partial charge in [0, 0.05) is 59.9 Å². The van der Waals surface area contributed by atoms with Gasteiger partial charge in [-0.3, -0.25) is 14.4 Å². The molecule has 2 aliphatic rings. The number of ketones is 1. The maximum Gasteiger partial charge on any atom is 0.433 e. The highest BCUT2D eigenvalue weighted by molar-refractivity contribution is 6.09. The lowest BCUT2D eigenvalue weighted by atomic mass is 10.0. The molecule has 1 aliphatic heterocycles. The van der Waals surface area contributed by atoms with Gasteiger partial charge in [0.2, 0.25) is 11.8 Å². The van der Waals surface area contributed by atoms with Crippen molar-refractivity contribution in [3.63, 3.8) is 0 Å². The van der Waals surface area contributed by atoms with Crippen LogP contribution < -0.4 is 5.32 Å². The predicted octanol–water partition coefficient (Wildman–Crippen LogP) is 5.75. The van der Waals surface area contributed by atoms with Gasteiger partial charge in [-0.2, -0.15) is 18.3 Å². The summed E-state index contributed by atoms with van der Waals surface area (Å²) >= 11 is 0. The Hall–Kier alpha value is -5.11. The number of anilines is 1. The van der Waals surface area contributed by atoms with Gasteiger partial charge >= 0.3 is 6.18 Å². The van der Waals surface area contributed by atoms with Crippen molar-refractivity contribution in [3.05, 3.63) is 77.0 Å². The number of nitrogens with zero attached hydrogens (tertiary/aromatic N) is 6. The number of likely N-dealkylation sites (tertiary alicyclic amines) is 1. The topological polar surface area (TPSA) is 124 Å². The van der Waals surface area contributed by atoms with Crippen LogP contribution in [0.3, 0.4) is 0 Å². The highest BCUT2D eigenvalue weighted by Crippen LogP contribution is 2.59. The number of ether oxygens (including phenoxy) is 1. The molecule has 0 bridgehead atoms. The van der Waals surface area contributed by atoms with Crippen molar-refractivity contribution in [2.45, 2.75) is 71.9 Å². The Kier molecular flexibility index (Phi) is 7.61. The van der Waals surface area contributed by atoms with Crippen molar-refractivity contribution in [3.8, 4) is 11.1 Å². The fourth-order valence-corrected chi connectivity index (χ4v) is 7.19. The molecule has 1 aromatic carbocycles. The zero-order valence-corrected chi connectivity index (χ0v) is 27.6. The summed E-state index contributed by atoms with van der Waals surface area (Å²) in [5.74, 6) is -1.38. The maximum atomic E-state index is 14.1. The van der Waals surface area contributed by atoms with E-state index in [2.05, 4.69) is 20.4 Å². The van der Waals surface area contributed by atoms with Gasteiger partial charge in [-0.05, 0) is 68.4 Å². The van der Waals surface area contributed by atoms with Gasteiger partial charge in [-0.1, -0.05) is 13.0 Å². The molecule has 5 heterocycles. The van der Waals surface area contributed by atoms with E-state index in [4.69, 9.17) is 4.74 Å². The van der Waals surface area contributed by atoms with Crippen LogP contribution >= 0.6 is 0 Å². The van der Waals surface area contributed by atoms with Crippen molar-refractivity contribution in [2.75, 3.05) is 12.4 Å². The number of pyridine rings is 1. The Morgan fingerprint density at radius 3 is 2.57 bits per heavy atom. The molecular weight excluding hydrogens is 639 g/mol. The summed E-state index contributed by atoms with van der Waals surface area (Å²) in [6, 6.07) is 6.69. The van der Waals surface area contributed by atoms with E-state index >= 15 is 0 Å². The molecule has 14 heteroatoms. The van der Waals surface area contributed by atoms with Crippen LogP contribution in [-0.4, -0.2) is 65.8 Å². The average molecular weight is 674 g/mol. The number of amides is 2. The fraction of sp³-hybridized carbons (Fsp3) is 0.371. The number of carbonyl (C=O) groups excluding carboxylic acids is 3. The Labute approximate surface area is 279 Å². The number of hydrogen-bond donors (Lipinski definition) is 1. The lowest BCUT2D eigenvalue weighted by Crippen LogP contribution is -2.46. The molecule has 2 amide bonds. The molecule has 11 nitrogen and oxygen atoms in total. The van der Waals surface area contributed by atoms with Gasteiger partial charge in [0.1, 0.15) is 24.1 Å². The zero-order chi connectivity index (χ0) is 35.0. The average Bonchev–Trinajstić information content (AvgIpc) is 3.30. The Morgan fingerprint density at radius 2 is 1.86 bits per heavy atom. The summed E-state index contributed by atoms with van der Waals surface area (Å²) in [7, 11) is 1.39. The Morgan fingerprint density at radius 1 is 1.08 bits per heavy atom. The first kappa shape index (κ1) is 32.4. The van der Waals surface area contributed by atoms with Gasteiger partial charge in [0.15, 0.2) is 11.4 Å². The third-order valence-corrected chi connectivity index (χ3v) is 9.65. The minimum Gasteiger partial charge on any atom is -0.380 e. The summed E-state index contributed by atoms with van der Waals surface area (Å²) in [4.78, 5) is 50.4. The van der Waals surface area contributed by atoms with Crippen molar-refractivity contribution < 1.29 is 32.3 Å². The molecule has 5 aromatic rings. The number of hydrogen-bond acceptors (Lipinski definition) is 7. The number of nitrogens with one attached hydrogen (secondary N) is 1. The number of rotatable bonds is 8. The van der Waals surface area contributed by atoms with Gasteiger partial charge in [-0.15, -0.1) is 0 Å². The number of carbonyl (C=O) groups is 3. The van der Waals surface area contributed by atoms with Crippen molar-refractivity contribution in [1.82, 2.24) is 29.0 Å². The number of fused-ring (bicyclic) bond motifs is 3. The highest BCUT2D eigenvalue weighted by Gasteiger charge is 2.64. The standard InChI is InChI=1S/C35H34F3N7O4/c1-18-8-22(23-13-39-29-9-19(2)42-44(29)14-23)10-24-25(20(3)46)15-43(31(18)24)16-30(47)45-26(11-34(4)12-28(34)45)33(48)41-32-21(17-49-5)6-7-27(40-32)35(36,37)38/h6-10,13-15,26,28H,11-12,16-17H2,1-5H3,(H,40,41,48)/t26-,28+,34-/m0/s1. The summed E-state index contributed by atoms with van der Waals surface area (Å²) in [6.45, 7) is 7.05. The smallest absolute Gasteiger partial charge is 0.380 e. The van der Waals surface area contributed by atoms with E-state index in [-0.39, 0.29) is 47.7 Å². The maximum absolute atomic E-state index is 14.1. The number of alkyl halides is 3. The normalized spacial score (nSPS) is 20.2. The molecule has 1 saturated heterocycles. The lowest BCUT2D eigenvalue weighted by Gasteiger charge is -2.27. The number of piperidine rings is 1. The van der Waals surface area contributed by atoms with Crippen LogP contribution in [0, 0.1) is 19.3 Å². The van der Waals surface area contributed by atoms with E-state index in [1.165, 1.54) is 20.1 Å². The molecule has 3 atom stereocenters. The number of Topliss-reactive ketones (excluding diaryl/α,β-unsaturated/α-hetero) is 1. The fourth-order valence-electron chi connectivity index (χ4n) is 7.19. The lowest BCUT2D eigenvalue weighted by molar-refractivity contribution is -0.141. The number of aryl methyl sites for hydroxylation is 2. The van der Waals surface area contributed by atoms with Crippen LogP contribution in [0.15, 0.2) is 48.9 Å². The second kappa shape index (κ2) is 11.5. The van der Waals surface area contributed by atoms with Gasteiger partial charge < -0.3 is 19.5 Å². The van der Waals surface area contributed by atoms with E-state index in [0.29, 0.717) is 29.3 Å². The molecule has 2 fully saturated rings. The summed E-state index contributed by atoms with van der Waals surface area (Å²) in [6.07, 6.45) is 1.65. The summed E-state index contributed by atoms with van der Waals surface area (Å²) in [5, 5.41) is 7.70. The van der Waals surface area contributed by atoms with Crippen LogP contribution in [0.5, 0.6) is 0 Å². The van der Waals surface area contributed by atoms with Crippen molar-refractivity contribution >= 4 is 40.0 Å². The van der Waals surface area contributed by atoms with Gasteiger partial charge in [-0.25, -0.2) is 14.5 Å². The van der Waals surface area contributed by atoms with Crippen LogP contribution in [0.1, 0.15) is 59.6 Å².